The Hall–Kier alpha value is -4.31. The molecule has 0 atom stereocenters. The van der Waals surface area contributed by atoms with E-state index in [9.17, 15) is 25.2 Å². The number of halogens is 6. The Morgan fingerprint density at radius 3 is 1.00 bits per heavy atom. The van der Waals surface area contributed by atoms with Crippen molar-refractivity contribution in [3.8, 4) is 0 Å². The fourth-order valence-electron chi connectivity index (χ4n) is 5.97. The van der Waals surface area contributed by atoms with Crippen molar-refractivity contribution in [2.75, 3.05) is 0 Å². The summed E-state index contributed by atoms with van der Waals surface area (Å²) in [6, 6.07) is 29.3. The molecule has 14 heteroatoms. The second kappa shape index (κ2) is 17.4. The molecule has 6 aromatic rings. The van der Waals surface area contributed by atoms with E-state index in [-0.39, 0.29) is 17.1 Å². The second-order valence-electron chi connectivity index (χ2n) is 14.7. The fourth-order valence-corrected chi connectivity index (χ4v) is 5.97. The van der Waals surface area contributed by atoms with E-state index in [0.29, 0.717) is 23.7 Å². The Kier molecular flexibility index (Phi) is 14.4. The van der Waals surface area contributed by atoms with Crippen molar-refractivity contribution < 1.29 is 42.3 Å². The average molecular weight is 847 g/mol. The van der Waals surface area contributed by atoms with Gasteiger partial charge in [0.1, 0.15) is 11.7 Å². The third kappa shape index (κ3) is 13.4. The number of fused-ring (bicyclic) bond motifs is 2. The van der Waals surface area contributed by atoms with Crippen molar-refractivity contribution in [1.29, 1.82) is 0 Å². The van der Waals surface area contributed by atoms with Gasteiger partial charge in [0, 0.05) is 23.2 Å². The van der Waals surface area contributed by atoms with Gasteiger partial charge in [-0.05, 0) is 71.9 Å². The van der Waals surface area contributed by atoms with Gasteiger partial charge in [-0.25, -0.2) is 19.3 Å². The maximum absolute atomic E-state index is 10.7. The van der Waals surface area contributed by atoms with E-state index in [1.165, 1.54) is 22.3 Å². The normalized spacial score (nSPS) is 13.6. The molecule has 306 valence electrons. The molecule has 0 aliphatic heterocycles. The Morgan fingerprint density at radius 2 is 0.750 bits per heavy atom. The summed E-state index contributed by atoms with van der Waals surface area (Å²) in [7, 11) is -10.7. The van der Waals surface area contributed by atoms with E-state index in [4.69, 9.17) is 9.98 Å². The van der Waals surface area contributed by atoms with Crippen LogP contribution in [0.2, 0.25) is 0 Å². The van der Waals surface area contributed by atoms with Gasteiger partial charge in [0.15, 0.2) is 0 Å². The van der Waals surface area contributed by atoms with Crippen LogP contribution in [0.3, 0.4) is 0 Å². The Labute approximate surface area is 335 Å². The number of hydrogen-bond donors (Lipinski definition) is 0. The van der Waals surface area contributed by atoms with Crippen LogP contribution >= 0.6 is 7.81 Å². The molecule has 0 N–H and O–H groups in total. The number of nitrogens with zero attached hydrogens (tertiary/aromatic N) is 6. The van der Waals surface area contributed by atoms with Crippen molar-refractivity contribution in [3.63, 3.8) is 0 Å². The van der Waals surface area contributed by atoms with Gasteiger partial charge in [-0.2, -0.15) is 10.2 Å². The van der Waals surface area contributed by atoms with Gasteiger partial charge < -0.3 is 0 Å². The number of hydrogen-bond acceptors (Lipinski definition) is 4. The van der Waals surface area contributed by atoms with Crippen LogP contribution in [-0.4, -0.2) is 31.2 Å². The first-order chi connectivity index (χ1) is 25.4. The molecule has 2 aromatic heterocycles. The molecule has 0 aliphatic rings. The molecule has 0 spiro atoms. The SMILES string of the molecule is CC(=Nc1c(C(C)C)cccc1C(C)C)n1cc2ccccc2n1.CC(=Nc1c(C(C)C)cccc1C(C)C)n1cc2ccccc2n1.F[P-](F)(F)(F)(F)F.[Cu+]. The quantitative estimate of drug-likeness (QED) is 0.0551. The van der Waals surface area contributed by atoms with Gasteiger partial charge in [-0.3, -0.25) is 0 Å². The van der Waals surface area contributed by atoms with Gasteiger partial charge in [-0.15, -0.1) is 0 Å². The van der Waals surface area contributed by atoms with E-state index in [0.717, 1.165) is 44.9 Å². The summed E-state index contributed by atoms with van der Waals surface area (Å²) in [5, 5.41) is 11.6. The molecule has 0 bridgehead atoms. The van der Waals surface area contributed by atoms with E-state index >= 15 is 0 Å². The van der Waals surface area contributed by atoms with Crippen molar-refractivity contribution in [1.82, 2.24) is 19.6 Å². The van der Waals surface area contributed by atoms with Crippen LogP contribution in [0.25, 0.3) is 21.8 Å². The molecular weight excluding hydrogens is 797 g/mol. The third-order valence-corrected chi connectivity index (χ3v) is 8.72. The smallest absolute Gasteiger partial charge is 1.00 e. The molecule has 0 fully saturated rings. The average Bonchev–Trinajstić information content (AvgIpc) is 3.72. The Balaban J connectivity index is 0.000000253. The summed E-state index contributed by atoms with van der Waals surface area (Å²) < 4.78 is 63.0. The maximum Gasteiger partial charge on any atom is 1.00 e. The zero-order chi connectivity index (χ0) is 40.9. The number of aromatic nitrogens is 4. The predicted octanol–water partition coefficient (Wildman–Crippen LogP) is 15.1. The van der Waals surface area contributed by atoms with Crippen LogP contribution in [-0.2, 0) is 17.1 Å². The zero-order valence-corrected chi connectivity index (χ0v) is 35.1. The van der Waals surface area contributed by atoms with E-state index in [1.54, 1.807) is 0 Å². The molecule has 2 heterocycles. The van der Waals surface area contributed by atoms with Gasteiger partial charge in [0.25, 0.3) is 0 Å². The van der Waals surface area contributed by atoms with Crippen LogP contribution in [0, 0.1) is 0 Å². The van der Waals surface area contributed by atoms with E-state index in [2.05, 4.69) is 114 Å². The standard InChI is InChI=1S/2C21H25N3.Cu.F6P/c2*1-14(2)18-10-8-11-19(15(3)4)21(18)22-16(5)24-13-17-9-6-7-12-20(17)23-24;;1-7(2,3,4,5)6/h2*6-15H,1-5H3;;/q;;+1;-1. The predicted molar refractivity (Wildman–Crippen MR) is 219 cm³/mol. The molecule has 0 saturated carbocycles. The molecule has 0 unspecified atom stereocenters. The minimum atomic E-state index is -10.7. The summed E-state index contributed by atoms with van der Waals surface area (Å²) >= 11 is 0. The van der Waals surface area contributed by atoms with Crippen molar-refractivity contribution in [2.24, 2.45) is 9.98 Å². The summed E-state index contributed by atoms with van der Waals surface area (Å²) in [5.41, 5.74) is 9.34. The minimum Gasteiger partial charge on any atom is 1.00 e. The first-order valence-corrected chi connectivity index (χ1v) is 20.2. The Morgan fingerprint density at radius 1 is 0.482 bits per heavy atom. The van der Waals surface area contributed by atoms with Crippen LogP contribution < -0.4 is 0 Å². The molecule has 6 nitrogen and oxygen atoms in total. The second-order valence-corrected chi connectivity index (χ2v) is 16.6. The molecule has 0 saturated heterocycles. The van der Waals surface area contributed by atoms with E-state index in [1.807, 2.05) is 72.0 Å². The van der Waals surface area contributed by atoms with Crippen molar-refractivity contribution in [2.45, 2.75) is 92.9 Å². The first-order valence-electron chi connectivity index (χ1n) is 18.2. The number of rotatable bonds is 6. The van der Waals surface area contributed by atoms with Crippen LogP contribution in [0.15, 0.2) is 107 Å². The molecule has 0 aliphatic carbocycles. The molecular formula is C42H50CuF6N6P. The summed E-state index contributed by atoms with van der Waals surface area (Å²) in [6.07, 6.45) is 4.09. The summed E-state index contributed by atoms with van der Waals surface area (Å²) in [4.78, 5) is 9.97. The zero-order valence-electron chi connectivity index (χ0n) is 33.2. The van der Waals surface area contributed by atoms with Crippen LogP contribution in [0.4, 0.5) is 36.6 Å². The Bertz CT molecular complexity index is 2050. The maximum atomic E-state index is 9.87. The monoisotopic (exact) mass is 846 g/mol. The molecule has 0 amide bonds. The van der Waals surface area contributed by atoms with Gasteiger partial charge in [0.2, 0.25) is 0 Å². The third-order valence-electron chi connectivity index (χ3n) is 8.72. The molecule has 56 heavy (non-hydrogen) atoms. The van der Waals surface area contributed by atoms with Crippen molar-refractivity contribution in [3.05, 3.63) is 120 Å². The molecule has 0 radical (unpaired) electrons. The summed E-state index contributed by atoms with van der Waals surface area (Å²) in [5.74, 6) is 3.53. The number of aliphatic imine (C=N–C) groups is 2. The van der Waals surface area contributed by atoms with Crippen molar-refractivity contribution >= 4 is 52.7 Å². The van der Waals surface area contributed by atoms with Gasteiger partial charge >= 0.3 is 50.1 Å². The number of para-hydroxylation sites is 2. The largest absolute Gasteiger partial charge is 1.00 e. The van der Waals surface area contributed by atoms with Crippen LogP contribution in [0.1, 0.15) is 115 Å². The van der Waals surface area contributed by atoms with Crippen LogP contribution in [0.5, 0.6) is 0 Å². The van der Waals surface area contributed by atoms with Gasteiger partial charge in [-0.1, -0.05) is 128 Å². The fraction of sp³-hybridized carbons (Fsp3) is 0.333. The van der Waals surface area contributed by atoms with E-state index < -0.39 is 7.81 Å². The molecule has 6 rings (SSSR count). The minimum absolute atomic E-state index is 0. The number of benzene rings is 4. The van der Waals surface area contributed by atoms with Gasteiger partial charge in [0.05, 0.1) is 22.4 Å². The topological polar surface area (TPSA) is 60.4 Å². The first kappa shape index (κ1) is 46.1. The molecule has 4 aromatic carbocycles. The summed E-state index contributed by atoms with van der Waals surface area (Å²) in [6.45, 7) is 21.8.